The summed E-state index contributed by atoms with van der Waals surface area (Å²) < 4.78 is 18.8. The number of aromatic nitrogens is 1. The third-order valence-electron chi connectivity index (χ3n) is 4.30. The Morgan fingerprint density at radius 2 is 2.20 bits per heavy atom. The predicted molar refractivity (Wildman–Crippen MR) is 75.3 cm³/mol. The molecule has 1 fully saturated rings. The van der Waals surface area contributed by atoms with Gasteiger partial charge in [0.05, 0.1) is 25.5 Å². The van der Waals surface area contributed by atoms with Crippen LogP contribution in [0.25, 0.3) is 0 Å². The van der Waals surface area contributed by atoms with E-state index in [4.69, 9.17) is 10.6 Å². The maximum atomic E-state index is 13.4. The molecule has 0 saturated carbocycles. The van der Waals surface area contributed by atoms with Crippen LogP contribution in [0.5, 0.6) is 0 Å². The standard InChI is InChI=1S/C14H23FN4O/c1-3-14(2,19-4-6-20-7-5-19)13(18-16)11-8-12(15)10-17-9-11/h8-10,13,18H,3-7,16H2,1-2H3. The van der Waals surface area contributed by atoms with E-state index in [0.29, 0.717) is 13.2 Å². The number of nitrogens with zero attached hydrogens (tertiary/aromatic N) is 2. The summed E-state index contributed by atoms with van der Waals surface area (Å²) >= 11 is 0. The van der Waals surface area contributed by atoms with E-state index in [0.717, 1.165) is 25.1 Å². The predicted octanol–water partition coefficient (Wildman–Crippen LogP) is 1.23. The summed E-state index contributed by atoms with van der Waals surface area (Å²) in [6.45, 7) is 7.40. The van der Waals surface area contributed by atoms with Crippen molar-refractivity contribution in [1.82, 2.24) is 15.3 Å². The monoisotopic (exact) mass is 282 g/mol. The summed E-state index contributed by atoms with van der Waals surface area (Å²) in [4.78, 5) is 6.29. The van der Waals surface area contributed by atoms with Crippen molar-refractivity contribution in [1.29, 1.82) is 0 Å². The first-order valence-corrected chi connectivity index (χ1v) is 7.01. The highest BCUT2D eigenvalue weighted by Gasteiger charge is 2.39. The summed E-state index contributed by atoms with van der Waals surface area (Å²) in [6.07, 6.45) is 3.76. The number of nitrogens with one attached hydrogen (secondary N) is 1. The summed E-state index contributed by atoms with van der Waals surface area (Å²) in [7, 11) is 0. The van der Waals surface area contributed by atoms with Crippen LogP contribution in [0, 0.1) is 5.82 Å². The molecule has 2 rings (SSSR count). The Morgan fingerprint density at radius 1 is 1.50 bits per heavy atom. The Balaban J connectivity index is 2.30. The van der Waals surface area contributed by atoms with E-state index in [2.05, 4.69) is 29.2 Å². The number of hydrogen-bond donors (Lipinski definition) is 2. The molecule has 1 aromatic heterocycles. The zero-order chi connectivity index (χ0) is 14.6. The van der Waals surface area contributed by atoms with Crippen LogP contribution in [0.15, 0.2) is 18.5 Å². The fourth-order valence-electron chi connectivity index (χ4n) is 2.91. The SMILES string of the molecule is CCC(C)(C(NN)c1cncc(F)c1)N1CCOCC1. The molecular formula is C14H23FN4O. The maximum Gasteiger partial charge on any atom is 0.141 e. The van der Waals surface area contributed by atoms with Gasteiger partial charge in [0.15, 0.2) is 0 Å². The van der Waals surface area contributed by atoms with Crippen molar-refractivity contribution in [2.24, 2.45) is 5.84 Å². The van der Waals surface area contributed by atoms with Crippen LogP contribution in [0.4, 0.5) is 4.39 Å². The van der Waals surface area contributed by atoms with Gasteiger partial charge in [0.2, 0.25) is 0 Å². The number of rotatable bonds is 5. The van der Waals surface area contributed by atoms with Crippen LogP contribution in [-0.4, -0.2) is 41.7 Å². The summed E-state index contributed by atoms with van der Waals surface area (Å²) in [5, 5.41) is 0. The molecule has 1 aliphatic heterocycles. The van der Waals surface area contributed by atoms with E-state index in [-0.39, 0.29) is 17.4 Å². The molecule has 112 valence electrons. The number of nitrogens with two attached hydrogens (primary N) is 1. The lowest BCUT2D eigenvalue weighted by Crippen LogP contribution is -2.58. The second-order valence-electron chi connectivity index (χ2n) is 5.35. The quantitative estimate of drug-likeness (QED) is 0.628. The molecule has 0 aliphatic carbocycles. The first-order valence-electron chi connectivity index (χ1n) is 7.01. The van der Waals surface area contributed by atoms with Crippen molar-refractivity contribution in [2.45, 2.75) is 31.8 Å². The first kappa shape index (κ1) is 15.3. The number of halogens is 1. The summed E-state index contributed by atoms with van der Waals surface area (Å²) in [5.74, 6) is 5.42. The van der Waals surface area contributed by atoms with Crippen molar-refractivity contribution in [3.05, 3.63) is 29.8 Å². The number of hydrazine groups is 1. The molecule has 1 saturated heterocycles. The van der Waals surface area contributed by atoms with E-state index in [1.165, 1.54) is 12.3 Å². The number of morpholine rings is 1. The topological polar surface area (TPSA) is 63.4 Å². The van der Waals surface area contributed by atoms with Crippen molar-refractivity contribution in [3.8, 4) is 0 Å². The van der Waals surface area contributed by atoms with Gasteiger partial charge in [0.25, 0.3) is 0 Å². The fraction of sp³-hybridized carbons (Fsp3) is 0.643. The lowest BCUT2D eigenvalue weighted by atomic mass is 9.83. The van der Waals surface area contributed by atoms with Gasteiger partial charge in [0, 0.05) is 24.8 Å². The number of ether oxygens (including phenoxy) is 1. The highest BCUT2D eigenvalue weighted by atomic mass is 19.1. The average molecular weight is 282 g/mol. The van der Waals surface area contributed by atoms with Crippen LogP contribution in [0.3, 0.4) is 0 Å². The molecule has 0 radical (unpaired) electrons. The third-order valence-corrected chi connectivity index (χ3v) is 4.30. The highest BCUT2D eigenvalue weighted by molar-refractivity contribution is 5.20. The third kappa shape index (κ3) is 2.98. The lowest BCUT2D eigenvalue weighted by Gasteiger charge is -2.47. The fourth-order valence-corrected chi connectivity index (χ4v) is 2.91. The Morgan fingerprint density at radius 3 is 2.75 bits per heavy atom. The molecule has 0 aromatic carbocycles. The average Bonchev–Trinajstić information content (AvgIpc) is 2.48. The highest BCUT2D eigenvalue weighted by Crippen LogP contribution is 2.34. The molecule has 1 aromatic rings. The van der Waals surface area contributed by atoms with E-state index in [1.807, 2.05) is 0 Å². The summed E-state index contributed by atoms with van der Waals surface area (Å²) in [6, 6.07) is 1.31. The van der Waals surface area contributed by atoms with Gasteiger partial charge in [0.1, 0.15) is 5.82 Å². The zero-order valence-electron chi connectivity index (χ0n) is 12.1. The molecule has 6 heteroatoms. The molecule has 2 atom stereocenters. The van der Waals surface area contributed by atoms with Crippen LogP contribution in [0.2, 0.25) is 0 Å². The van der Waals surface area contributed by atoms with Crippen molar-refractivity contribution in [3.63, 3.8) is 0 Å². The van der Waals surface area contributed by atoms with Crippen LogP contribution in [0.1, 0.15) is 31.9 Å². The van der Waals surface area contributed by atoms with Gasteiger partial charge in [-0.2, -0.15) is 0 Å². The molecule has 1 aliphatic rings. The maximum absolute atomic E-state index is 13.4. The summed E-state index contributed by atoms with van der Waals surface area (Å²) in [5.41, 5.74) is 3.40. The van der Waals surface area contributed by atoms with Gasteiger partial charge in [-0.15, -0.1) is 0 Å². The normalized spacial score (nSPS) is 21.4. The Hall–Kier alpha value is -1.08. The molecule has 2 heterocycles. The Kier molecular flexibility index (Phi) is 5.04. The second kappa shape index (κ2) is 6.58. The van der Waals surface area contributed by atoms with Gasteiger partial charge in [-0.25, -0.2) is 4.39 Å². The van der Waals surface area contributed by atoms with Crippen LogP contribution >= 0.6 is 0 Å². The smallest absolute Gasteiger partial charge is 0.141 e. The Labute approximate surface area is 119 Å². The minimum Gasteiger partial charge on any atom is -0.379 e. The molecule has 0 amide bonds. The van der Waals surface area contributed by atoms with Gasteiger partial charge in [-0.05, 0) is 25.0 Å². The molecular weight excluding hydrogens is 259 g/mol. The van der Waals surface area contributed by atoms with Gasteiger partial charge in [-0.3, -0.25) is 21.2 Å². The molecule has 3 N–H and O–H groups in total. The zero-order valence-corrected chi connectivity index (χ0v) is 12.1. The molecule has 20 heavy (non-hydrogen) atoms. The van der Waals surface area contributed by atoms with E-state index >= 15 is 0 Å². The first-order chi connectivity index (χ1) is 9.61. The molecule has 2 unspecified atom stereocenters. The molecule has 5 nitrogen and oxygen atoms in total. The lowest BCUT2D eigenvalue weighted by molar-refractivity contribution is -0.0330. The van der Waals surface area contributed by atoms with Crippen molar-refractivity contribution < 1.29 is 9.13 Å². The minimum absolute atomic E-state index is 0.186. The van der Waals surface area contributed by atoms with Crippen molar-refractivity contribution >= 4 is 0 Å². The van der Waals surface area contributed by atoms with E-state index in [1.54, 1.807) is 6.20 Å². The minimum atomic E-state index is -0.344. The van der Waals surface area contributed by atoms with Gasteiger partial charge < -0.3 is 4.74 Å². The second-order valence-corrected chi connectivity index (χ2v) is 5.35. The molecule has 0 bridgehead atoms. The number of pyridine rings is 1. The van der Waals surface area contributed by atoms with E-state index in [9.17, 15) is 4.39 Å². The number of hydrogen-bond acceptors (Lipinski definition) is 5. The van der Waals surface area contributed by atoms with E-state index < -0.39 is 0 Å². The van der Waals surface area contributed by atoms with Gasteiger partial charge in [-0.1, -0.05) is 6.92 Å². The van der Waals surface area contributed by atoms with Crippen LogP contribution in [-0.2, 0) is 4.74 Å². The Bertz CT molecular complexity index is 439. The largest absolute Gasteiger partial charge is 0.379 e. The van der Waals surface area contributed by atoms with Gasteiger partial charge >= 0.3 is 0 Å². The molecule has 0 spiro atoms. The van der Waals surface area contributed by atoms with Crippen LogP contribution < -0.4 is 11.3 Å². The van der Waals surface area contributed by atoms with Crippen molar-refractivity contribution in [2.75, 3.05) is 26.3 Å².